The molecule has 0 amide bonds. The Kier molecular flexibility index (Phi) is 13.2. The summed E-state index contributed by atoms with van der Waals surface area (Å²) in [6.07, 6.45) is 0. The first-order chi connectivity index (χ1) is 13.5. The van der Waals surface area contributed by atoms with Crippen LogP contribution in [0.15, 0.2) is 0 Å². The lowest BCUT2D eigenvalue weighted by molar-refractivity contribution is -0.117. The Morgan fingerprint density at radius 3 is 1.53 bits per heavy atom. The van der Waals surface area contributed by atoms with E-state index in [4.69, 9.17) is 9.26 Å². The highest BCUT2D eigenvalue weighted by Crippen LogP contribution is 2.50. The summed E-state index contributed by atoms with van der Waals surface area (Å²) in [5, 5.41) is 0.202. The lowest BCUT2D eigenvalue weighted by Gasteiger charge is -2.45. The van der Waals surface area contributed by atoms with Crippen LogP contribution in [0.5, 0.6) is 0 Å². The van der Waals surface area contributed by atoms with Crippen molar-refractivity contribution in [2.24, 2.45) is 5.41 Å². The fourth-order valence-electron chi connectivity index (χ4n) is 3.17. The predicted molar refractivity (Wildman–Crippen MR) is 134 cm³/mol. The van der Waals surface area contributed by atoms with E-state index in [0.717, 1.165) is 0 Å². The largest absolute Gasteiger partial charge is 0.372 e. The molecule has 0 aromatic heterocycles. The molecule has 0 spiro atoms. The number of thioether (sulfide) groups is 1. The Bertz CT molecular complexity index is 469. The van der Waals surface area contributed by atoms with E-state index < -0.39 is 8.45 Å². The second-order valence-corrected chi connectivity index (χ2v) is 13.3. The minimum absolute atomic E-state index is 0.202. The molecule has 0 rings (SSSR count). The smallest absolute Gasteiger partial charge is 0.194 e. The van der Waals surface area contributed by atoms with Crippen LogP contribution in [0.25, 0.3) is 0 Å². The molecule has 30 heavy (non-hydrogen) atoms. The predicted octanol–water partition coefficient (Wildman–Crippen LogP) is 6.57. The Balaban J connectivity index is 5.02. The third-order valence-electron chi connectivity index (χ3n) is 4.46. The molecule has 0 aromatic rings. The Labute approximate surface area is 192 Å². The van der Waals surface area contributed by atoms with Crippen LogP contribution in [0.3, 0.4) is 0 Å². The van der Waals surface area contributed by atoms with Gasteiger partial charge in [-0.05, 0) is 69.2 Å². The van der Waals surface area contributed by atoms with Crippen molar-refractivity contribution in [2.75, 3.05) is 19.0 Å². The van der Waals surface area contributed by atoms with Crippen LogP contribution < -0.4 is 0 Å². The van der Waals surface area contributed by atoms with Crippen LogP contribution in [0.1, 0.15) is 90.0 Å². The van der Waals surface area contributed by atoms with Crippen molar-refractivity contribution >= 4 is 25.3 Å². The zero-order chi connectivity index (χ0) is 23.9. The van der Waals surface area contributed by atoms with Crippen molar-refractivity contribution in [3.63, 3.8) is 0 Å². The van der Waals surface area contributed by atoms with Crippen molar-refractivity contribution in [1.29, 1.82) is 0 Å². The molecule has 0 saturated heterocycles. The molecule has 0 aliphatic rings. The van der Waals surface area contributed by atoms with E-state index in [-0.39, 0.29) is 16.1 Å². The maximum atomic E-state index is 12.2. The molecule has 0 aliphatic carbocycles. The van der Waals surface area contributed by atoms with E-state index in [0.29, 0.717) is 43.1 Å². The fourth-order valence-corrected chi connectivity index (χ4v) is 6.49. The van der Waals surface area contributed by atoms with Crippen LogP contribution in [0.4, 0.5) is 0 Å². The number of nitrogens with zero attached hydrogens (tertiary/aromatic N) is 2. The molecule has 0 aromatic carbocycles. The second-order valence-electron chi connectivity index (χ2n) is 10.7. The second kappa shape index (κ2) is 13.1. The van der Waals surface area contributed by atoms with Gasteiger partial charge in [0.25, 0.3) is 0 Å². The summed E-state index contributed by atoms with van der Waals surface area (Å²) in [5.41, 5.74) is -0.697. The maximum Gasteiger partial charge on any atom is 0.194 e. The number of hydrogen-bond donors (Lipinski definition) is 0. The van der Waals surface area contributed by atoms with E-state index in [9.17, 15) is 4.79 Å². The summed E-state index contributed by atoms with van der Waals surface area (Å²) in [7, 11) is -0.899. The topological polar surface area (TPSA) is 42.0 Å². The zero-order valence-electron chi connectivity index (χ0n) is 21.9. The SMILES string of the molecule is CC(C)N(C(C)C)P(OCCOC(C)(C)CSC(=O)C(C)(C)C)N(C(C)C)C(C)C. The molecule has 0 unspecified atom stereocenters. The molecule has 0 fully saturated rings. The van der Waals surface area contributed by atoms with Crippen LogP contribution in [0, 0.1) is 5.41 Å². The van der Waals surface area contributed by atoms with E-state index in [1.54, 1.807) is 0 Å². The van der Waals surface area contributed by atoms with Crippen molar-refractivity contribution in [1.82, 2.24) is 9.34 Å². The highest BCUT2D eigenvalue weighted by molar-refractivity contribution is 8.13. The van der Waals surface area contributed by atoms with Gasteiger partial charge in [0.2, 0.25) is 0 Å². The first kappa shape index (κ1) is 30.3. The van der Waals surface area contributed by atoms with Crippen molar-refractivity contribution in [2.45, 2.75) is 120 Å². The molecule has 0 saturated carbocycles. The van der Waals surface area contributed by atoms with Gasteiger partial charge in [-0.25, -0.2) is 9.34 Å². The van der Waals surface area contributed by atoms with Gasteiger partial charge >= 0.3 is 0 Å². The molecule has 7 heteroatoms. The molecular formula is C23H49N2O3PS. The maximum absolute atomic E-state index is 12.2. The summed E-state index contributed by atoms with van der Waals surface area (Å²) >= 11 is 1.36. The fraction of sp³-hybridized carbons (Fsp3) is 0.957. The van der Waals surface area contributed by atoms with Gasteiger partial charge < -0.3 is 9.26 Å². The van der Waals surface area contributed by atoms with Gasteiger partial charge in [0, 0.05) is 35.3 Å². The van der Waals surface area contributed by atoms with Crippen LogP contribution >= 0.6 is 20.2 Å². The number of carbonyl (C=O) groups excluding carboxylic acids is 1. The molecule has 0 radical (unpaired) electrons. The normalized spacial score (nSPS) is 13.9. The van der Waals surface area contributed by atoms with E-state index in [2.05, 4.69) is 64.7 Å². The number of carbonyl (C=O) groups is 1. The summed E-state index contributed by atoms with van der Waals surface area (Å²) < 4.78 is 17.6. The molecule has 0 N–H and O–H groups in total. The Morgan fingerprint density at radius 2 is 1.20 bits per heavy atom. The monoisotopic (exact) mass is 464 g/mol. The molecule has 5 nitrogen and oxygen atoms in total. The minimum atomic E-state index is -0.899. The third kappa shape index (κ3) is 10.7. The van der Waals surface area contributed by atoms with Crippen molar-refractivity contribution in [3.8, 4) is 0 Å². The van der Waals surface area contributed by atoms with Gasteiger partial charge in [0.15, 0.2) is 13.6 Å². The van der Waals surface area contributed by atoms with Gasteiger partial charge in [-0.3, -0.25) is 4.79 Å². The average Bonchev–Trinajstić information content (AvgIpc) is 2.54. The number of rotatable bonds is 13. The Hall–Kier alpha value is 0.290. The van der Waals surface area contributed by atoms with Gasteiger partial charge in [0.1, 0.15) is 0 Å². The average molecular weight is 465 g/mol. The number of ether oxygens (including phenoxy) is 1. The molecule has 0 heterocycles. The van der Waals surface area contributed by atoms with E-state index >= 15 is 0 Å². The molecule has 0 aliphatic heterocycles. The standard InChI is InChI=1S/C23H49N2O3PS/c1-17(2)24(18(3)4)29(25(19(5)6)20(7)8)28-15-14-27-23(12,13)16-30-21(26)22(9,10)11/h17-20H,14-16H2,1-13H3. The molecule has 180 valence electrons. The van der Waals surface area contributed by atoms with Gasteiger partial charge in [0.05, 0.1) is 18.8 Å². The molecule has 0 atom stereocenters. The van der Waals surface area contributed by atoms with Crippen LogP contribution in [-0.4, -0.2) is 63.2 Å². The van der Waals surface area contributed by atoms with E-state index in [1.165, 1.54) is 11.8 Å². The zero-order valence-corrected chi connectivity index (χ0v) is 23.6. The summed E-state index contributed by atoms with van der Waals surface area (Å²) in [6, 6.07) is 1.59. The Morgan fingerprint density at radius 1 is 0.800 bits per heavy atom. The quantitative estimate of drug-likeness (QED) is 0.227. The van der Waals surface area contributed by atoms with E-state index in [1.807, 2.05) is 34.6 Å². The molecular weight excluding hydrogens is 415 g/mol. The minimum Gasteiger partial charge on any atom is -0.372 e. The lowest BCUT2D eigenvalue weighted by atomic mass is 10.00. The van der Waals surface area contributed by atoms with Crippen molar-refractivity contribution < 1.29 is 14.1 Å². The lowest BCUT2D eigenvalue weighted by Crippen LogP contribution is -2.43. The van der Waals surface area contributed by atoms with Gasteiger partial charge in [-0.15, -0.1) is 0 Å². The summed E-state index contributed by atoms with van der Waals surface area (Å²) in [4.78, 5) is 12.2. The summed E-state index contributed by atoms with van der Waals surface area (Å²) in [5.74, 6) is 0.645. The van der Waals surface area contributed by atoms with Crippen LogP contribution in [-0.2, 0) is 14.1 Å². The van der Waals surface area contributed by atoms with Crippen molar-refractivity contribution in [3.05, 3.63) is 0 Å². The van der Waals surface area contributed by atoms with Gasteiger partial charge in [-0.2, -0.15) is 0 Å². The highest BCUT2D eigenvalue weighted by atomic mass is 32.2. The van der Waals surface area contributed by atoms with Crippen LogP contribution in [0.2, 0.25) is 0 Å². The summed E-state index contributed by atoms with van der Waals surface area (Å²) in [6.45, 7) is 28.9. The third-order valence-corrected chi connectivity index (χ3v) is 9.22. The first-order valence-electron chi connectivity index (χ1n) is 11.3. The highest BCUT2D eigenvalue weighted by Gasteiger charge is 2.34. The molecule has 0 bridgehead atoms. The van der Waals surface area contributed by atoms with Gasteiger partial charge in [-0.1, -0.05) is 32.5 Å². The first-order valence-corrected chi connectivity index (χ1v) is 13.5. The number of hydrogen-bond acceptors (Lipinski definition) is 6.